The van der Waals surface area contributed by atoms with Gasteiger partial charge in [0.1, 0.15) is 0 Å². The fourth-order valence-corrected chi connectivity index (χ4v) is 6.18. The first-order valence-electron chi connectivity index (χ1n) is 12.6. The van der Waals surface area contributed by atoms with E-state index in [-0.39, 0.29) is 23.8 Å². The van der Waals surface area contributed by atoms with Crippen LogP contribution in [0.5, 0.6) is 0 Å². The molecule has 3 aliphatic rings. The van der Waals surface area contributed by atoms with Crippen LogP contribution in [0, 0.1) is 13.8 Å². The van der Waals surface area contributed by atoms with Gasteiger partial charge in [-0.25, -0.2) is 0 Å². The fourth-order valence-electron chi connectivity index (χ4n) is 6.18. The Kier molecular flexibility index (Phi) is 5.36. The van der Waals surface area contributed by atoms with E-state index in [4.69, 9.17) is 0 Å². The van der Waals surface area contributed by atoms with Crippen LogP contribution in [0.15, 0.2) is 66.7 Å². The van der Waals surface area contributed by atoms with E-state index in [9.17, 15) is 9.59 Å². The number of benzene rings is 3. The largest absolute Gasteiger partial charge is 0.368 e. The molecule has 0 bridgehead atoms. The first-order chi connectivity index (χ1) is 17.0. The van der Waals surface area contributed by atoms with E-state index in [2.05, 4.69) is 55.1 Å². The summed E-state index contributed by atoms with van der Waals surface area (Å²) < 4.78 is 0. The molecule has 0 N–H and O–H groups in total. The topological polar surface area (TPSA) is 43.9 Å². The number of carbonyl (C=O) groups excluding carboxylic acids is 2. The Balaban J connectivity index is 1.33. The molecule has 3 heterocycles. The molecule has 2 amide bonds. The van der Waals surface area contributed by atoms with Crippen molar-refractivity contribution >= 4 is 17.5 Å². The highest BCUT2D eigenvalue weighted by Gasteiger charge is 2.47. The molecule has 2 atom stereocenters. The van der Waals surface area contributed by atoms with Gasteiger partial charge in [0.25, 0.3) is 5.91 Å². The molecule has 0 unspecified atom stereocenters. The molecule has 6 rings (SSSR count). The lowest BCUT2D eigenvalue weighted by Gasteiger charge is -2.47. The van der Waals surface area contributed by atoms with Crippen LogP contribution in [0.1, 0.15) is 50.1 Å². The second-order valence-electron chi connectivity index (χ2n) is 9.99. The Labute approximate surface area is 207 Å². The van der Waals surface area contributed by atoms with Crippen LogP contribution < -0.4 is 4.90 Å². The maximum atomic E-state index is 14.2. The van der Waals surface area contributed by atoms with Gasteiger partial charge >= 0.3 is 0 Å². The lowest BCUT2D eigenvalue weighted by atomic mass is 9.75. The Morgan fingerprint density at radius 2 is 1.51 bits per heavy atom. The normalized spacial score (nSPS) is 21.3. The first kappa shape index (κ1) is 21.9. The third-order valence-electron chi connectivity index (χ3n) is 8.21. The number of fused-ring (bicyclic) bond motifs is 4. The summed E-state index contributed by atoms with van der Waals surface area (Å²) in [7, 11) is 0. The van der Waals surface area contributed by atoms with E-state index < -0.39 is 0 Å². The summed E-state index contributed by atoms with van der Waals surface area (Å²) in [6.45, 7) is 7.98. The summed E-state index contributed by atoms with van der Waals surface area (Å²) in [6, 6.07) is 22.2. The van der Waals surface area contributed by atoms with E-state index in [0.717, 1.165) is 30.6 Å². The summed E-state index contributed by atoms with van der Waals surface area (Å²) in [4.78, 5) is 34.0. The van der Waals surface area contributed by atoms with Crippen molar-refractivity contribution in [3.63, 3.8) is 0 Å². The number of nitrogens with zero attached hydrogens (tertiary/aromatic N) is 3. The van der Waals surface area contributed by atoms with Gasteiger partial charge in [0.2, 0.25) is 5.91 Å². The molecule has 3 aliphatic heterocycles. The van der Waals surface area contributed by atoms with Crippen LogP contribution >= 0.6 is 0 Å². The maximum Gasteiger partial charge on any atom is 0.254 e. The molecule has 1 saturated heterocycles. The van der Waals surface area contributed by atoms with E-state index in [1.807, 2.05) is 40.1 Å². The molecule has 0 aromatic heterocycles. The minimum Gasteiger partial charge on any atom is -0.368 e. The van der Waals surface area contributed by atoms with Crippen LogP contribution in [-0.4, -0.2) is 54.3 Å². The lowest BCUT2D eigenvalue weighted by Crippen LogP contribution is -2.54. The number of anilines is 1. The van der Waals surface area contributed by atoms with Crippen molar-refractivity contribution in [2.75, 3.05) is 37.6 Å². The summed E-state index contributed by atoms with van der Waals surface area (Å²) >= 11 is 0. The zero-order valence-electron chi connectivity index (χ0n) is 20.4. The molecule has 3 aromatic carbocycles. The van der Waals surface area contributed by atoms with Gasteiger partial charge in [-0.15, -0.1) is 0 Å². The quantitative estimate of drug-likeness (QED) is 0.560. The van der Waals surface area contributed by atoms with E-state index in [1.165, 1.54) is 22.4 Å². The number of rotatable bonds is 2. The highest BCUT2D eigenvalue weighted by atomic mass is 16.2. The van der Waals surface area contributed by atoms with Crippen molar-refractivity contribution in [2.24, 2.45) is 0 Å². The summed E-state index contributed by atoms with van der Waals surface area (Å²) in [6.07, 6.45) is 0.829. The number of hydrogen-bond donors (Lipinski definition) is 0. The van der Waals surface area contributed by atoms with Crippen molar-refractivity contribution in [1.82, 2.24) is 9.80 Å². The summed E-state index contributed by atoms with van der Waals surface area (Å²) in [5, 5.41) is 0. The fraction of sp³-hybridized carbons (Fsp3) is 0.333. The van der Waals surface area contributed by atoms with Crippen LogP contribution in [0.2, 0.25) is 0 Å². The van der Waals surface area contributed by atoms with Crippen LogP contribution in [0.25, 0.3) is 0 Å². The molecule has 0 spiro atoms. The highest BCUT2D eigenvalue weighted by molar-refractivity contribution is 6.01. The molecule has 0 saturated carbocycles. The predicted molar refractivity (Wildman–Crippen MR) is 138 cm³/mol. The van der Waals surface area contributed by atoms with Crippen LogP contribution in [-0.2, 0) is 11.2 Å². The minimum atomic E-state index is -0.377. The Morgan fingerprint density at radius 1 is 0.800 bits per heavy atom. The molecule has 0 radical (unpaired) electrons. The highest BCUT2D eigenvalue weighted by Crippen LogP contribution is 2.46. The number of hydrogen-bond acceptors (Lipinski definition) is 3. The first-order valence-corrected chi connectivity index (χ1v) is 12.6. The van der Waals surface area contributed by atoms with E-state index in [1.54, 1.807) is 0 Å². The molecule has 5 heteroatoms. The van der Waals surface area contributed by atoms with Gasteiger partial charge in [-0.3, -0.25) is 9.59 Å². The van der Waals surface area contributed by atoms with Crippen molar-refractivity contribution in [1.29, 1.82) is 0 Å². The van der Waals surface area contributed by atoms with Crippen molar-refractivity contribution in [2.45, 2.75) is 32.2 Å². The molecule has 178 valence electrons. The Morgan fingerprint density at radius 3 is 2.31 bits per heavy atom. The van der Waals surface area contributed by atoms with Crippen molar-refractivity contribution in [3.05, 3.63) is 100 Å². The second kappa shape index (κ2) is 8.56. The zero-order chi connectivity index (χ0) is 24.1. The van der Waals surface area contributed by atoms with Crippen LogP contribution in [0.4, 0.5) is 5.69 Å². The van der Waals surface area contributed by atoms with Gasteiger partial charge in [0.15, 0.2) is 0 Å². The average Bonchev–Trinajstić information content (AvgIpc) is 2.90. The molecule has 35 heavy (non-hydrogen) atoms. The Bertz CT molecular complexity index is 1310. The molecule has 5 nitrogen and oxygen atoms in total. The van der Waals surface area contributed by atoms with Gasteiger partial charge in [-0.1, -0.05) is 54.6 Å². The van der Waals surface area contributed by atoms with Crippen molar-refractivity contribution < 1.29 is 9.59 Å². The van der Waals surface area contributed by atoms with Gasteiger partial charge in [-0.2, -0.15) is 0 Å². The molecule has 0 aliphatic carbocycles. The smallest absolute Gasteiger partial charge is 0.254 e. The molecular weight excluding hydrogens is 434 g/mol. The third kappa shape index (κ3) is 3.53. The van der Waals surface area contributed by atoms with Crippen LogP contribution in [0.3, 0.4) is 0 Å². The average molecular weight is 466 g/mol. The number of amides is 2. The van der Waals surface area contributed by atoms with Gasteiger partial charge in [0, 0.05) is 44.0 Å². The Hall–Kier alpha value is -3.60. The van der Waals surface area contributed by atoms with E-state index in [0.29, 0.717) is 25.2 Å². The van der Waals surface area contributed by atoms with E-state index >= 15 is 0 Å². The van der Waals surface area contributed by atoms with Gasteiger partial charge in [0.05, 0.1) is 12.0 Å². The number of aryl methyl sites for hydroxylation is 1. The minimum absolute atomic E-state index is 0.0453. The summed E-state index contributed by atoms with van der Waals surface area (Å²) in [5.41, 5.74) is 7.78. The monoisotopic (exact) mass is 465 g/mol. The molecule has 3 aromatic rings. The maximum absolute atomic E-state index is 14.2. The number of carbonyl (C=O) groups is 2. The molecule has 1 fully saturated rings. The lowest BCUT2D eigenvalue weighted by molar-refractivity contribution is -0.135. The third-order valence-corrected chi connectivity index (χ3v) is 8.21. The second-order valence-corrected chi connectivity index (χ2v) is 9.99. The van der Waals surface area contributed by atoms with Gasteiger partial charge in [-0.05, 0) is 60.2 Å². The number of piperazine rings is 1. The standard InChI is InChI=1S/C30H31N3O2/c1-20-8-7-13-26(21(20)2)31-16-18-32(19-17-31)30(35)27-24-11-5-6-12-25(24)29(34)33-15-14-22-9-3-4-10-23(22)28(27)33/h3-13,27-28H,14-19H2,1-2H3/t27-,28-/m0/s1. The van der Waals surface area contributed by atoms with Gasteiger partial charge < -0.3 is 14.7 Å². The zero-order valence-corrected chi connectivity index (χ0v) is 20.4. The molecular formula is C30H31N3O2. The SMILES string of the molecule is Cc1cccc(N2CCN(C(=O)[C@H]3c4ccccc4C(=O)N4CCc5ccccc5[C@@H]34)CC2)c1C. The predicted octanol–water partition coefficient (Wildman–Crippen LogP) is 4.49. The van der Waals surface area contributed by atoms with Crippen molar-refractivity contribution in [3.8, 4) is 0 Å². The summed E-state index contributed by atoms with van der Waals surface area (Å²) in [5.74, 6) is -0.196.